The molecule has 0 bridgehead atoms. The molecule has 0 amide bonds. The smallest absolute Gasteiger partial charge is 0.349 e. The second-order valence-corrected chi connectivity index (χ2v) is 6.17. The van der Waals surface area contributed by atoms with E-state index in [0.29, 0.717) is 16.6 Å². The van der Waals surface area contributed by atoms with Crippen molar-refractivity contribution in [1.82, 2.24) is 15.1 Å². The zero-order valence-corrected chi connectivity index (χ0v) is 14.6. The number of benzene rings is 1. The lowest BCUT2D eigenvalue weighted by atomic mass is 9.83. The first-order valence-electron chi connectivity index (χ1n) is 7.91. The van der Waals surface area contributed by atoms with Crippen molar-refractivity contribution in [2.24, 2.45) is 0 Å². The first-order chi connectivity index (χ1) is 13.1. The molecule has 28 heavy (non-hydrogen) atoms. The van der Waals surface area contributed by atoms with Crippen LogP contribution in [0.5, 0.6) is 0 Å². The van der Waals surface area contributed by atoms with Gasteiger partial charge in [0.1, 0.15) is 5.70 Å². The number of rotatable bonds is 2. The number of hydrogen-bond acceptors (Lipinski definition) is 3. The largest absolute Gasteiger partial charge is 0.432 e. The number of fused-ring (bicyclic) bond motifs is 1. The monoisotopic (exact) mass is 393 g/mol. The van der Waals surface area contributed by atoms with Gasteiger partial charge < -0.3 is 4.90 Å². The van der Waals surface area contributed by atoms with Gasteiger partial charge in [-0.15, -0.1) is 0 Å². The number of hydrogen-bond donors (Lipinski definition) is 1. The molecule has 1 aromatic carbocycles. The Morgan fingerprint density at radius 1 is 1.36 bits per heavy atom. The summed E-state index contributed by atoms with van der Waals surface area (Å²) < 4.78 is 68.2. The Morgan fingerprint density at radius 2 is 2.04 bits per heavy atom. The van der Waals surface area contributed by atoms with Crippen LogP contribution in [-0.4, -0.2) is 34.7 Å². The van der Waals surface area contributed by atoms with Gasteiger partial charge in [-0.1, -0.05) is 6.07 Å². The molecule has 2 aromatic rings. The molecule has 3 rings (SSSR count). The molecule has 0 radical (unpaired) electrons. The molecule has 1 unspecified atom stereocenters. The molecular weight excluding hydrogens is 381 g/mol. The molecule has 0 spiro atoms. The van der Waals surface area contributed by atoms with Crippen LogP contribution in [0.3, 0.4) is 0 Å². The van der Waals surface area contributed by atoms with Crippen LogP contribution >= 0.6 is 0 Å². The Hall–Kier alpha value is -3.40. The number of allylic oxidation sites excluding steroid dienone is 3. The zero-order chi connectivity index (χ0) is 20.8. The average molecular weight is 393 g/mol. The maximum atomic E-state index is 13.6. The maximum Gasteiger partial charge on any atom is 0.432 e. The molecule has 1 aliphatic heterocycles. The van der Waals surface area contributed by atoms with Crippen LogP contribution in [0.4, 0.5) is 22.0 Å². The number of aromatic amines is 1. The average Bonchev–Trinajstić information content (AvgIpc) is 2.99. The van der Waals surface area contributed by atoms with Crippen molar-refractivity contribution < 1.29 is 22.0 Å². The molecule has 0 aliphatic carbocycles. The Labute approximate surface area is 156 Å². The number of aryl methyl sites for hydroxylation is 1. The van der Waals surface area contributed by atoms with Gasteiger partial charge in [-0.3, -0.25) is 5.10 Å². The highest BCUT2D eigenvalue weighted by atomic mass is 19.4. The summed E-state index contributed by atoms with van der Waals surface area (Å²) in [6, 6.07) is 5.84. The molecular formula is C18H12F5N5. The molecule has 5 nitrogen and oxygen atoms in total. The minimum atomic E-state index is -5.05. The molecule has 144 valence electrons. The molecule has 10 heteroatoms. The van der Waals surface area contributed by atoms with Crippen molar-refractivity contribution >= 4 is 10.9 Å². The van der Waals surface area contributed by atoms with Crippen LogP contribution in [0.15, 0.2) is 40.9 Å². The van der Waals surface area contributed by atoms with Gasteiger partial charge in [0.15, 0.2) is 0 Å². The normalized spacial score (nSPS) is 18.1. The lowest BCUT2D eigenvalue weighted by molar-refractivity contribution is -0.110. The first kappa shape index (κ1) is 19.4. The van der Waals surface area contributed by atoms with E-state index in [2.05, 4.69) is 15.0 Å². The summed E-state index contributed by atoms with van der Waals surface area (Å²) in [4.78, 5) is 3.30. The van der Waals surface area contributed by atoms with E-state index in [-0.39, 0.29) is 10.5 Å². The zero-order valence-electron chi connectivity index (χ0n) is 14.6. The van der Waals surface area contributed by atoms with Gasteiger partial charge >= 0.3 is 6.18 Å². The molecule has 2 heterocycles. The second kappa shape index (κ2) is 6.64. The lowest BCUT2D eigenvalue weighted by Gasteiger charge is -2.35. The fourth-order valence-corrected chi connectivity index (χ4v) is 3.39. The Kier molecular flexibility index (Phi) is 4.59. The summed E-state index contributed by atoms with van der Waals surface area (Å²) in [6.07, 6.45) is -8.38. The molecule has 1 N–H and O–H groups in total. The van der Waals surface area contributed by atoms with Crippen LogP contribution < -0.4 is 0 Å². The quantitative estimate of drug-likeness (QED) is 0.598. The van der Waals surface area contributed by atoms with Gasteiger partial charge in [-0.25, -0.2) is 13.6 Å². The van der Waals surface area contributed by atoms with Crippen molar-refractivity contribution in [1.29, 1.82) is 5.26 Å². The van der Waals surface area contributed by atoms with Gasteiger partial charge in [0.2, 0.25) is 5.70 Å². The van der Waals surface area contributed by atoms with Crippen LogP contribution in [0.2, 0.25) is 0 Å². The number of halogens is 5. The standard InChI is InChI=1S/C18H12F5N5/c1-8-10-6-9(4-5-12(10)27-26-8)13-11(7-24)16(18(21,22)23)28(3)15(17(19)20)14(13)25-2/h4-6,13,17H,1,3H3,(H,26,27). The summed E-state index contributed by atoms with van der Waals surface area (Å²) in [7, 11) is 0.784. The Morgan fingerprint density at radius 3 is 2.57 bits per heavy atom. The van der Waals surface area contributed by atoms with E-state index in [0.717, 1.165) is 7.05 Å². The van der Waals surface area contributed by atoms with Crippen LogP contribution in [0, 0.1) is 24.8 Å². The predicted octanol–water partition coefficient (Wildman–Crippen LogP) is 4.64. The van der Waals surface area contributed by atoms with Gasteiger partial charge in [-0.05, 0) is 24.6 Å². The van der Waals surface area contributed by atoms with E-state index in [9.17, 15) is 27.2 Å². The summed E-state index contributed by atoms with van der Waals surface area (Å²) in [5.74, 6) is -1.56. The van der Waals surface area contributed by atoms with Gasteiger partial charge in [0.05, 0.1) is 35.3 Å². The summed E-state index contributed by atoms with van der Waals surface area (Å²) in [5, 5.41) is 16.8. The predicted molar refractivity (Wildman–Crippen MR) is 89.7 cm³/mol. The summed E-state index contributed by atoms with van der Waals surface area (Å²) in [6.45, 7) is 9.01. The second-order valence-electron chi connectivity index (χ2n) is 6.17. The molecule has 1 aromatic heterocycles. The van der Waals surface area contributed by atoms with Crippen LogP contribution in [0.1, 0.15) is 17.2 Å². The van der Waals surface area contributed by atoms with Gasteiger partial charge in [0, 0.05) is 18.1 Å². The third kappa shape index (κ3) is 2.87. The van der Waals surface area contributed by atoms with Crippen molar-refractivity contribution in [3.63, 3.8) is 0 Å². The number of nitrogens with one attached hydrogen (secondary N) is 1. The highest BCUT2D eigenvalue weighted by Gasteiger charge is 2.48. The molecule has 1 aliphatic rings. The number of alkyl halides is 5. The van der Waals surface area contributed by atoms with E-state index >= 15 is 0 Å². The van der Waals surface area contributed by atoms with E-state index in [1.54, 1.807) is 6.92 Å². The van der Waals surface area contributed by atoms with Crippen molar-refractivity contribution in [3.05, 3.63) is 63.5 Å². The highest BCUT2D eigenvalue weighted by molar-refractivity contribution is 5.82. The number of aromatic nitrogens is 2. The van der Waals surface area contributed by atoms with Crippen molar-refractivity contribution in [2.75, 3.05) is 7.05 Å². The third-order valence-corrected chi connectivity index (χ3v) is 4.59. The Balaban J connectivity index is 2.38. The maximum absolute atomic E-state index is 13.6. The van der Waals surface area contributed by atoms with E-state index < -0.39 is 41.2 Å². The Bertz CT molecular complexity index is 1090. The summed E-state index contributed by atoms with van der Waals surface area (Å²) >= 11 is 0. The van der Waals surface area contributed by atoms with Crippen molar-refractivity contribution in [2.45, 2.75) is 25.4 Å². The molecule has 0 saturated carbocycles. The van der Waals surface area contributed by atoms with E-state index in [1.807, 2.05) is 0 Å². The number of H-pyrrole nitrogens is 1. The van der Waals surface area contributed by atoms with E-state index in [1.165, 1.54) is 24.3 Å². The van der Waals surface area contributed by atoms with Gasteiger partial charge in [0.25, 0.3) is 6.43 Å². The third-order valence-electron chi connectivity index (χ3n) is 4.59. The molecule has 1 atom stereocenters. The minimum absolute atomic E-state index is 0.132. The van der Waals surface area contributed by atoms with E-state index in [4.69, 9.17) is 6.57 Å². The fraction of sp³-hybridized carbons (Fsp3) is 0.278. The lowest BCUT2D eigenvalue weighted by Crippen LogP contribution is -2.37. The molecule has 0 fully saturated rings. The number of nitrogens with zero attached hydrogens (tertiary/aromatic N) is 4. The fourth-order valence-electron chi connectivity index (χ4n) is 3.39. The van der Waals surface area contributed by atoms with Crippen molar-refractivity contribution in [3.8, 4) is 6.07 Å². The van der Waals surface area contributed by atoms with Crippen LogP contribution in [0.25, 0.3) is 15.7 Å². The molecule has 0 saturated heterocycles. The number of nitriles is 1. The SMILES string of the molecule is [C-]#[N+]C1=C(C(F)F)N(C)C(C(F)(F)F)=C(C#N)C1c1ccc2n[nH]c(C)c2c1. The first-order valence-corrected chi connectivity index (χ1v) is 7.91. The van der Waals surface area contributed by atoms with Gasteiger partial charge in [-0.2, -0.15) is 23.5 Å². The highest BCUT2D eigenvalue weighted by Crippen LogP contribution is 2.48. The topological polar surface area (TPSA) is 60.1 Å². The van der Waals surface area contributed by atoms with Crippen LogP contribution in [-0.2, 0) is 0 Å². The summed E-state index contributed by atoms with van der Waals surface area (Å²) in [5.41, 5.74) is -2.69. The minimum Gasteiger partial charge on any atom is -0.349 e.